The Bertz CT molecular complexity index is 1550. The van der Waals surface area contributed by atoms with Gasteiger partial charge < -0.3 is 14.2 Å². The number of hydrogen-bond donors (Lipinski definition) is 0. The van der Waals surface area contributed by atoms with Crippen LogP contribution in [0.1, 0.15) is 41.4 Å². The van der Waals surface area contributed by atoms with Gasteiger partial charge in [-0.2, -0.15) is 0 Å². The molecule has 2 heterocycles. The molecule has 0 unspecified atom stereocenters. The van der Waals surface area contributed by atoms with Crippen LogP contribution in [0, 0.1) is 0 Å². The van der Waals surface area contributed by atoms with Crippen LogP contribution in [0.5, 0.6) is 23.0 Å². The maximum Gasteiger partial charge on any atom is 0.266 e. The molecule has 0 bridgehead atoms. The molecule has 4 aromatic carbocycles. The van der Waals surface area contributed by atoms with E-state index in [0.29, 0.717) is 34.4 Å². The second-order valence-corrected chi connectivity index (χ2v) is 8.80. The number of benzene rings is 4. The number of methoxy groups -OCH3 is 2. The van der Waals surface area contributed by atoms with Gasteiger partial charge >= 0.3 is 0 Å². The summed E-state index contributed by atoms with van der Waals surface area (Å²) in [6, 6.07) is 22.4. The van der Waals surface area contributed by atoms with Gasteiger partial charge in [-0.25, -0.2) is 9.80 Å². The van der Waals surface area contributed by atoms with Gasteiger partial charge in [0, 0.05) is 0 Å². The average molecular weight is 520 g/mol. The van der Waals surface area contributed by atoms with Gasteiger partial charge in [0.05, 0.1) is 47.8 Å². The van der Waals surface area contributed by atoms with Gasteiger partial charge in [0.15, 0.2) is 0 Å². The summed E-state index contributed by atoms with van der Waals surface area (Å²) in [4.78, 5) is 54.4. The SMILES string of the molecule is COc1ccc(N2C(=O)c3ccc(Oc4ccc5c(c4)C(=O)N(c4ccc(OC)cc4)C5=O)cc3C2=O)cc1. The summed E-state index contributed by atoms with van der Waals surface area (Å²) < 4.78 is 16.2. The fourth-order valence-corrected chi connectivity index (χ4v) is 4.63. The molecule has 0 saturated heterocycles. The van der Waals surface area contributed by atoms with Gasteiger partial charge in [-0.3, -0.25) is 19.2 Å². The highest BCUT2D eigenvalue weighted by Gasteiger charge is 2.38. The van der Waals surface area contributed by atoms with Crippen LogP contribution < -0.4 is 24.0 Å². The van der Waals surface area contributed by atoms with E-state index in [2.05, 4.69) is 0 Å². The third-order valence-electron chi connectivity index (χ3n) is 6.61. The average Bonchev–Trinajstić information content (AvgIpc) is 3.36. The number of carbonyl (C=O) groups is 4. The lowest BCUT2D eigenvalue weighted by molar-refractivity contribution is 0.0910. The lowest BCUT2D eigenvalue weighted by Gasteiger charge is -2.14. The number of hydrogen-bond acceptors (Lipinski definition) is 7. The molecule has 2 aliphatic heterocycles. The largest absolute Gasteiger partial charge is 0.497 e. The molecule has 0 atom stereocenters. The number of imide groups is 2. The Morgan fingerprint density at radius 3 is 1.13 bits per heavy atom. The summed E-state index contributed by atoms with van der Waals surface area (Å²) in [5, 5.41) is 0. The number of amides is 4. The van der Waals surface area contributed by atoms with Crippen LogP contribution in [0.25, 0.3) is 0 Å². The first-order valence-corrected chi connectivity index (χ1v) is 11.9. The van der Waals surface area contributed by atoms with E-state index in [1.807, 2.05) is 0 Å². The van der Waals surface area contributed by atoms with E-state index >= 15 is 0 Å². The highest BCUT2D eigenvalue weighted by molar-refractivity contribution is 6.35. The van der Waals surface area contributed by atoms with Crippen molar-refractivity contribution in [2.75, 3.05) is 24.0 Å². The molecule has 4 aromatic rings. The maximum absolute atomic E-state index is 13.1. The Hall–Kier alpha value is -5.44. The third kappa shape index (κ3) is 3.88. The molecule has 0 aromatic heterocycles. The van der Waals surface area contributed by atoms with Crippen molar-refractivity contribution in [2.45, 2.75) is 0 Å². The number of carbonyl (C=O) groups excluding carboxylic acids is 4. The minimum Gasteiger partial charge on any atom is -0.497 e. The van der Waals surface area contributed by atoms with Crippen LogP contribution >= 0.6 is 0 Å². The van der Waals surface area contributed by atoms with Crippen molar-refractivity contribution in [3.63, 3.8) is 0 Å². The molecule has 0 fully saturated rings. The Balaban J connectivity index is 1.25. The summed E-state index contributed by atoms with van der Waals surface area (Å²) in [6.07, 6.45) is 0. The normalized spacial score (nSPS) is 14.0. The van der Waals surface area contributed by atoms with E-state index in [9.17, 15) is 19.2 Å². The van der Waals surface area contributed by atoms with Crippen LogP contribution in [-0.4, -0.2) is 37.8 Å². The quantitative estimate of drug-likeness (QED) is 0.326. The van der Waals surface area contributed by atoms with Crippen LogP contribution in [-0.2, 0) is 0 Å². The molecular formula is C30H20N2O7. The molecular weight excluding hydrogens is 500 g/mol. The number of rotatable bonds is 6. The first-order valence-electron chi connectivity index (χ1n) is 11.9. The molecule has 9 heteroatoms. The summed E-state index contributed by atoms with van der Waals surface area (Å²) in [7, 11) is 3.06. The zero-order chi connectivity index (χ0) is 27.3. The van der Waals surface area contributed by atoms with Crippen molar-refractivity contribution in [2.24, 2.45) is 0 Å². The molecule has 39 heavy (non-hydrogen) atoms. The number of fused-ring (bicyclic) bond motifs is 2. The van der Waals surface area contributed by atoms with Gasteiger partial charge in [0.25, 0.3) is 23.6 Å². The fourth-order valence-electron chi connectivity index (χ4n) is 4.63. The molecule has 6 rings (SSSR count). The van der Waals surface area contributed by atoms with E-state index in [-0.39, 0.29) is 22.3 Å². The Kier molecular flexibility index (Phi) is 5.61. The van der Waals surface area contributed by atoms with E-state index in [4.69, 9.17) is 14.2 Å². The van der Waals surface area contributed by atoms with Crippen LogP contribution in [0.4, 0.5) is 11.4 Å². The van der Waals surface area contributed by atoms with Crippen molar-refractivity contribution < 1.29 is 33.4 Å². The number of nitrogens with zero attached hydrogens (tertiary/aromatic N) is 2. The van der Waals surface area contributed by atoms with E-state index in [1.165, 1.54) is 38.5 Å². The summed E-state index contributed by atoms with van der Waals surface area (Å²) >= 11 is 0. The molecule has 0 saturated carbocycles. The molecule has 0 aliphatic carbocycles. The van der Waals surface area contributed by atoms with Crippen LogP contribution in [0.3, 0.4) is 0 Å². The van der Waals surface area contributed by atoms with Crippen molar-refractivity contribution in [1.29, 1.82) is 0 Å². The summed E-state index contributed by atoms with van der Waals surface area (Å²) in [6.45, 7) is 0. The second kappa shape index (κ2) is 9.14. The van der Waals surface area contributed by atoms with E-state index < -0.39 is 23.6 Å². The minimum absolute atomic E-state index is 0.200. The van der Waals surface area contributed by atoms with Gasteiger partial charge in [0.2, 0.25) is 0 Å². The van der Waals surface area contributed by atoms with Crippen LogP contribution in [0.2, 0.25) is 0 Å². The fraction of sp³-hybridized carbons (Fsp3) is 0.0667. The van der Waals surface area contributed by atoms with Crippen molar-refractivity contribution in [3.05, 3.63) is 107 Å². The highest BCUT2D eigenvalue weighted by Crippen LogP contribution is 2.35. The Morgan fingerprint density at radius 2 is 0.769 bits per heavy atom. The van der Waals surface area contributed by atoms with Gasteiger partial charge in [-0.05, 0) is 84.9 Å². The molecule has 0 spiro atoms. The standard InChI is InChI=1S/C30H20N2O7/c1-37-19-7-3-17(4-8-19)31-27(33)23-13-11-21(15-25(23)29(31)35)39-22-12-14-24-26(16-22)30(36)32(28(24)34)18-5-9-20(38-2)10-6-18/h3-16H,1-2H3. The predicted octanol–water partition coefficient (Wildman–Crippen LogP) is 5.10. The third-order valence-corrected chi connectivity index (χ3v) is 6.61. The minimum atomic E-state index is -0.476. The monoisotopic (exact) mass is 520 g/mol. The van der Waals surface area contributed by atoms with Crippen LogP contribution in [0.15, 0.2) is 84.9 Å². The summed E-state index contributed by atoms with van der Waals surface area (Å²) in [5.74, 6) is -0.0178. The van der Waals surface area contributed by atoms with Gasteiger partial charge in [0.1, 0.15) is 23.0 Å². The number of anilines is 2. The molecule has 0 radical (unpaired) electrons. The molecule has 192 valence electrons. The predicted molar refractivity (Wildman–Crippen MR) is 141 cm³/mol. The zero-order valence-corrected chi connectivity index (χ0v) is 20.8. The molecule has 2 aliphatic rings. The van der Waals surface area contributed by atoms with Gasteiger partial charge in [-0.1, -0.05) is 0 Å². The first kappa shape index (κ1) is 23.9. The van der Waals surface area contributed by atoms with Gasteiger partial charge in [-0.15, -0.1) is 0 Å². The molecule has 0 N–H and O–H groups in total. The van der Waals surface area contributed by atoms with Crippen molar-refractivity contribution >= 4 is 35.0 Å². The smallest absolute Gasteiger partial charge is 0.266 e. The number of ether oxygens (including phenoxy) is 3. The maximum atomic E-state index is 13.1. The highest BCUT2D eigenvalue weighted by atomic mass is 16.5. The molecule has 4 amide bonds. The van der Waals surface area contributed by atoms with Crippen molar-refractivity contribution in [3.8, 4) is 23.0 Å². The molecule has 9 nitrogen and oxygen atoms in total. The lowest BCUT2D eigenvalue weighted by Crippen LogP contribution is -2.29. The lowest BCUT2D eigenvalue weighted by atomic mass is 10.1. The Labute approximate surface area is 222 Å². The summed E-state index contributed by atoms with van der Waals surface area (Å²) in [5.41, 5.74) is 1.76. The van der Waals surface area contributed by atoms with E-state index in [0.717, 1.165) is 9.80 Å². The Morgan fingerprint density at radius 1 is 0.436 bits per heavy atom. The van der Waals surface area contributed by atoms with E-state index in [1.54, 1.807) is 60.7 Å². The first-order chi connectivity index (χ1) is 18.9. The second-order valence-electron chi connectivity index (χ2n) is 8.80. The topological polar surface area (TPSA) is 102 Å². The zero-order valence-electron chi connectivity index (χ0n) is 20.8. The van der Waals surface area contributed by atoms with Crippen molar-refractivity contribution in [1.82, 2.24) is 0 Å².